The molecule has 2 N–H and O–H groups in total. The Balaban J connectivity index is 1.37. The van der Waals surface area contributed by atoms with E-state index < -0.39 is 35.5 Å². The fourth-order valence-corrected chi connectivity index (χ4v) is 6.91. The second kappa shape index (κ2) is 11.3. The van der Waals surface area contributed by atoms with Crippen LogP contribution in [-0.4, -0.2) is 47.1 Å². The Hall–Kier alpha value is -4.29. The van der Waals surface area contributed by atoms with Crippen molar-refractivity contribution in [2.24, 2.45) is 0 Å². The van der Waals surface area contributed by atoms with Crippen LogP contribution in [0.25, 0.3) is 10.4 Å². The molecule has 0 aliphatic carbocycles. The third-order valence-corrected chi connectivity index (χ3v) is 9.21. The molecule has 1 unspecified atom stereocenters. The minimum atomic E-state index is -4.65. The number of halogens is 4. The van der Waals surface area contributed by atoms with Gasteiger partial charge in [-0.2, -0.15) is 13.2 Å². The summed E-state index contributed by atoms with van der Waals surface area (Å²) in [5, 5.41) is 12.7. The summed E-state index contributed by atoms with van der Waals surface area (Å²) in [6.45, 7) is 4.01. The van der Waals surface area contributed by atoms with Gasteiger partial charge in [0.15, 0.2) is 0 Å². The molecular weight excluding hydrogens is 596 g/mol. The molecule has 2 amide bonds. The summed E-state index contributed by atoms with van der Waals surface area (Å²) < 4.78 is 56.0. The Morgan fingerprint density at radius 1 is 1.09 bits per heavy atom. The number of aliphatic hydroxyl groups is 1. The Kier molecular flexibility index (Phi) is 7.66. The number of aromatic nitrogens is 1. The van der Waals surface area contributed by atoms with E-state index in [1.165, 1.54) is 29.2 Å². The number of benzene rings is 2. The number of fused-ring (bicyclic) bond motifs is 3. The molecule has 2 aliphatic rings. The molecule has 2 aromatic heterocycles. The van der Waals surface area contributed by atoms with Crippen LogP contribution in [-0.2, 0) is 12.6 Å². The lowest BCUT2D eigenvalue weighted by Crippen LogP contribution is -2.34. The van der Waals surface area contributed by atoms with Gasteiger partial charge in [-0.1, -0.05) is 24.3 Å². The summed E-state index contributed by atoms with van der Waals surface area (Å²) in [6, 6.07) is 14.2. The van der Waals surface area contributed by atoms with E-state index in [1.54, 1.807) is 31.2 Å². The maximum atomic E-state index is 14.4. The van der Waals surface area contributed by atoms with E-state index in [0.717, 1.165) is 23.5 Å². The average Bonchev–Trinajstić information content (AvgIpc) is 3.52. The summed E-state index contributed by atoms with van der Waals surface area (Å²) in [7, 11) is 0. The van der Waals surface area contributed by atoms with Gasteiger partial charge < -0.3 is 20.2 Å². The van der Waals surface area contributed by atoms with Crippen molar-refractivity contribution >= 4 is 40.3 Å². The summed E-state index contributed by atoms with van der Waals surface area (Å²) in [5.74, 6) is -1.19. The molecule has 0 radical (unpaired) electrons. The van der Waals surface area contributed by atoms with Gasteiger partial charge >= 0.3 is 6.18 Å². The first-order valence-electron chi connectivity index (χ1n) is 14.0. The van der Waals surface area contributed by atoms with Gasteiger partial charge in [0.2, 0.25) is 0 Å². The Bertz CT molecular complexity index is 1750. The number of anilines is 3. The van der Waals surface area contributed by atoms with Crippen LogP contribution in [0.15, 0.2) is 60.7 Å². The average molecular weight is 625 g/mol. The fourth-order valence-electron chi connectivity index (χ4n) is 5.77. The van der Waals surface area contributed by atoms with E-state index in [1.807, 2.05) is 11.8 Å². The van der Waals surface area contributed by atoms with Crippen LogP contribution in [0.4, 0.5) is 34.8 Å². The first-order valence-corrected chi connectivity index (χ1v) is 14.9. The van der Waals surface area contributed by atoms with Crippen molar-refractivity contribution in [2.45, 2.75) is 45.0 Å². The number of nitrogens with zero attached hydrogens (tertiary/aromatic N) is 3. The number of hydrogen-bond acceptors (Lipinski definition) is 6. The number of β-amino-alcohol motifs (C(OH)–C–C–N with tert-alkyl or cyclic N) is 1. The smallest absolute Gasteiger partial charge is 0.391 e. The fraction of sp³-hybridized carbons (Fsp3) is 0.281. The number of pyridine rings is 1. The van der Waals surface area contributed by atoms with Crippen LogP contribution in [0.5, 0.6) is 0 Å². The van der Waals surface area contributed by atoms with Crippen LogP contribution in [0.3, 0.4) is 0 Å². The van der Waals surface area contributed by atoms with Crippen LogP contribution in [0, 0.1) is 12.7 Å². The summed E-state index contributed by atoms with van der Waals surface area (Å²) in [4.78, 5) is 35.6. The maximum absolute atomic E-state index is 14.4. The lowest BCUT2D eigenvalue weighted by molar-refractivity contribution is -0.137. The number of nitrogens with one attached hydrogen (secondary N) is 1. The molecule has 12 heteroatoms. The lowest BCUT2D eigenvalue weighted by Gasteiger charge is -2.25. The van der Waals surface area contributed by atoms with E-state index in [2.05, 4.69) is 10.3 Å². The van der Waals surface area contributed by atoms with E-state index in [9.17, 15) is 32.3 Å². The highest BCUT2D eigenvalue weighted by Gasteiger charge is 2.35. The molecule has 228 valence electrons. The molecule has 1 fully saturated rings. The highest BCUT2D eigenvalue weighted by Crippen LogP contribution is 2.44. The molecule has 2 aliphatic heterocycles. The number of aliphatic hydroxyl groups excluding tert-OH is 1. The molecule has 4 aromatic rings. The van der Waals surface area contributed by atoms with Crippen molar-refractivity contribution in [3.63, 3.8) is 0 Å². The largest absolute Gasteiger partial charge is 0.416 e. The normalized spacial score (nSPS) is 18.1. The Labute approximate surface area is 254 Å². The van der Waals surface area contributed by atoms with Gasteiger partial charge in [0.1, 0.15) is 17.3 Å². The highest BCUT2D eigenvalue weighted by atomic mass is 32.1. The maximum Gasteiger partial charge on any atom is 0.416 e. The lowest BCUT2D eigenvalue weighted by atomic mass is 10.0. The third kappa shape index (κ3) is 5.55. The number of rotatable bonds is 4. The zero-order chi connectivity index (χ0) is 31.3. The zero-order valence-electron chi connectivity index (χ0n) is 23.8. The predicted octanol–water partition coefficient (Wildman–Crippen LogP) is 6.69. The zero-order valence-corrected chi connectivity index (χ0v) is 24.6. The van der Waals surface area contributed by atoms with Crippen molar-refractivity contribution in [1.82, 2.24) is 4.98 Å². The Morgan fingerprint density at radius 2 is 1.86 bits per heavy atom. The molecule has 4 heterocycles. The first-order chi connectivity index (χ1) is 20.9. The van der Waals surface area contributed by atoms with Crippen LogP contribution in [0.2, 0.25) is 0 Å². The number of para-hydroxylation sites is 1. The molecule has 2 aromatic carbocycles. The van der Waals surface area contributed by atoms with Gasteiger partial charge in [0, 0.05) is 29.6 Å². The second-order valence-corrected chi connectivity index (χ2v) is 12.1. The minimum absolute atomic E-state index is 0.000731. The summed E-state index contributed by atoms with van der Waals surface area (Å²) in [5.41, 5.74) is 0.859. The number of aryl methyl sites for hydroxylation is 1. The van der Waals surface area contributed by atoms with E-state index in [-0.39, 0.29) is 41.0 Å². The quantitative estimate of drug-likeness (QED) is 0.247. The van der Waals surface area contributed by atoms with Gasteiger partial charge in [0.05, 0.1) is 27.9 Å². The third-order valence-electron chi connectivity index (χ3n) is 8.00. The van der Waals surface area contributed by atoms with Gasteiger partial charge in [-0.25, -0.2) is 9.37 Å². The molecule has 1 saturated heterocycles. The van der Waals surface area contributed by atoms with Crippen LogP contribution >= 0.6 is 11.3 Å². The number of carbonyl (C=O) groups is 2. The molecule has 0 spiro atoms. The highest BCUT2D eigenvalue weighted by molar-refractivity contribution is 7.17. The number of thiophene rings is 1. The standard InChI is InChI=1S/C32H28F4N4O3S/c1-17-5-3-6-23(33)28(17)38-30(42)26-14-19-11-12-39(25-15-20(32(34,35)36)9-10-22(25)29(19)44-26)31(43)24-7-4-8-27(37-24)40-16-21(41)13-18(40)2/h3-10,14-15,18,21,41H,11-13,16H2,1-2H3,(H,38,42)/t18-,21?/m0/s1. The molecule has 6 rings (SSSR count). The molecular formula is C32H28F4N4O3S. The molecule has 2 atom stereocenters. The predicted molar refractivity (Wildman–Crippen MR) is 161 cm³/mol. The van der Waals surface area contributed by atoms with Gasteiger partial charge in [-0.15, -0.1) is 11.3 Å². The monoisotopic (exact) mass is 624 g/mol. The topological polar surface area (TPSA) is 85.8 Å². The van der Waals surface area contributed by atoms with Crippen LogP contribution in [0.1, 0.15) is 50.2 Å². The van der Waals surface area contributed by atoms with Crippen molar-refractivity contribution in [3.8, 4) is 10.4 Å². The molecule has 0 saturated carbocycles. The first kappa shape index (κ1) is 29.8. The van der Waals surface area contributed by atoms with Crippen molar-refractivity contribution in [1.29, 1.82) is 0 Å². The molecule has 0 bridgehead atoms. The van der Waals surface area contributed by atoms with E-state index in [0.29, 0.717) is 40.4 Å². The van der Waals surface area contributed by atoms with Gasteiger partial charge in [0.25, 0.3) is 11.8 Å². The van der Waals surface area contributed by atoms with E-state index in [4.69, 9.17) is 0 Å². The SMILES string of the molecule is Cc1cccc(F)c1NC(=O)c1cc2c(s1)-c1ccc(C(F)(F)F)cc1N(C(=O)c1cccc(N3CC(O)C[C@@H]3C)n1)CC2. The minimum Gasteiger partial charge on any atom is -0.391 e. The van der Waals surface area contributed by atoms with Gasteiger partial charge in [-0.05, 0) is 74.2 Å². The number of carbonyl (C=O) groups excluding carboxylic acids is 2. The van der Waals surface area contributed by atoms with Crippen molar-refractivity contribution < 1.29 is 32.3 Å². The van der Waals surface area contributed by atoms with Crippen molar-refractivity contribution in [3.05, 3.63) is 93.7 Å². The Morgan fingerprint density at radius 3 is 2.57 bits per heavy atom. The van der Waals surface area contributed by atoms with E-state index >= 15 is 0 Å². The summed E-state index contributed by atoms with van der Waals surface area (Å²) >= 11 is 1.07. The molecule has 7 nitrogen and oxygen atoms in total. The summed E-state index contributed by atoms with van der Waals surface area (Å²) in [6.07, 6.45) is -4.36. The van der Waals surface area contributed by atoms with Crippen LogP contribution < -0.4 is 15.1 Å². The van der Waals surface area contributed by atoms with Gasteiger partial charge in [-0.3, -0.25) is 9.59 Å². The molecule has 44 heavy (non-hydrogen) atoms. The van der Waals surface area contributed by atoms with Crippen molar-refractivity contribution in [2.75, 3.05) is 28.2 Å². The number of hydrogen-bond donors (Lipinski definition) is 2. The number of alkyl halides is 3. The second-order valence-electron chi connectivity index (χ2n) is 11.1. The number of amides is 2.